The third-order valence-corrected chi connectivity index (χ3v) is 5.70. The van der Waals surface area contributed by atoms with Crippen LogP contribution in [0, 0.1) is 26.7 Å². The van der Waals surface area contributed by atoms with E-state index in [2.05, 4.69) is 25.8 Å². The third kappa shape index (κ3) is 4.96. The third-order valence-electron chi connectivity index (χ3n) is 5.70. The topological polar surface area (TPSA) is 103 Å². The Balaban J connectivity index is 1.42. The molecule has 2 aromatic carbocycles. The molecule has 4 rings (SSSR count). The fraction of sp³-hybridized carbons (Fsp3) is 0.333. The van der Waals surface area contributed by atoms with Gasteiger partial charge in [-0.05, 0) is 62.9 Å². The van der Waals surface area contributed by atoms with Crippen LogP contribution < -0.4 is 10.6 Å². The van der Waals surface area contributed by atoms with Crippen LogP contribution in [0.3, 0.4) is 0 Å². The van der Waals surface area contributed by atoms with Crippen LogP contribution in [0.4, 0.5) is 16.2 Å². The van der Waals surface area contributed by atoms with Crippen molar-refractivity contribution < 1.29 is 9.59 Å². The molecule has 8 nitrogen and oxygen atoms in total. The normalized spacial score (nSPS) is 16.0. The summed E-state index contributed by atoms with van der Waals surface area (Å²) in [7, 11) is 0. The molecule has 1 aromatic heterocycles. The number of aromatic amines is 1. The lowest BCUT2D eigenvalue weighted by Gasteiger charge is -2.32. The van der Waals surface area contributed by atoms with Gasteiger partial charge in [-0.15, -0.1) is 0 Å². The van der Waals surface area contributed by atoms with Crippen LogP contribution in [0.5, 0.6) is 0 Å². The first-order chi connectivity index (χ1) is 15.4. The van der Waals surface area contributed by atoms with Crippen molar-refractivity contribution in [3.63, 3.8) is 0 Å². The summed E-state index contributed by atoms with van der Waals surface area (Å²) in [5.74, 6) is 0.984. The molecule has 2 heterocycles. The van der Waals surface area contributed by atoms with Crippen LogP contribution in [-0.4, -0.2) is 45.1 Å². The monoisotopic (exact) mass is 432 g/mol. The number of anilines is 2. The van der Waals surface area contributed by atoms with Crippen LogP contribution in [0.1, 0.15) is 29.8 Å². The zero-order chi connectivity index (χ0) is 22.7. The molecule has 3 amide bonds. The van der Waals surface area contributed by atoms with Gasteiger partial charge < -0.3 is 15.5 Å². The number of aromatic nitrogens is 3. The number of hydrogen-bond donors (Lipinski definition) is 3. The van der Waals surface area contributed by atoms with Gasteiger partial charge in [-0.2, -0.15) is 5.10 Å². The second kappa shape index (κ2) is 9.21. The molecule has 3 aromatic rings. The molecule has 1 saturated heterocycles. The van der Waals surface area contributed by atoms with Gasteiger partial charge in [0.15, 0.2) is 5.82 Å². The molecule has 1 aliphatic rings. The molecule has 1 aliphatic heterocycles. The van der Waals surface area contributed by atoms with Crippen molar-refractivity contribution in [1.29, 1.82) is 0 Å². The Morgan fingerprint density at radius 2 is 1.94 bits per heavy atom. The lowest BCUT2D eigenvalue weighted by molar-refractivity contribution is -0.121. The fourth-order valence-electron chi connectivity index (χ4n) is 3.90. The predicted octanol–water partition coefficient (Wildman–Crippen LogP) is 4.28. The number of benzene rings is 2. The molecule has 0 saturated carbocycles. The summed E-state index contributed by atoms with van der Waals surface area (Å²) in [6.07, 6.45) is 1.54. The fourth-order valence-corrected chi connectivity index (χ4v) is 3.90. The number of likely N-dealkylation sites (tertiary alicyclic amines) is 1. The number of piperidine rings is 1. The SMILES string of the molecule is Cc1cccc(NC(=O)N2CCCC(C(=O)Nc3cc(-c4n[nH]c(C)n4)ccc3C)C2)c1. The van der Waals surface area contributed by atoms with E-state index in [1.807, 2.05) is 63.2 Å². The molecule has 8 heteroatoms. The lowest BCUT2D eigenvalue weighted by Crippen LogP contribution is -2.45. The Hall–Kier alpha value is -3.68. The standard InChI is InChI=1S/C24H28N6O2/c1-15-6-4-8-20(12-15)26-24(32)30-11-5-7-19(14-30)23(31)27-21-13-18(10-9-16(21)2)22-25-17(3)28-29-22/h4,6,8-10,12-13,19H,5,7,11,14H2,1-3H3,(H,26,32)(H,27,31)(H,25,28,29). The van der Waals surface area contributed by atoms with Crippen molar-refractivity contribution in [3.8, 4) is 11.4 Å². The van der Waals surface area contributed by atoms with Gasteiger partial charge in [0, 0.05) is 30.0 Å². The summed E-state index contributed by atoms with van der Waals surface area (Å²) in [4.78, 5) is 31.8. The Bertz CT molecular complexity index is 1140. The average Bonchev–Trinajstić information content (AvgIpc) is 3.21. The molecular weight excluding hydrogens is 404 g/mol. The van der Waals surface area contributed by atoms with Crippen LogP contribution in [0.25, 0.3) is 11.4 Å². The maximum Gasteiger partial charge on any atom is 0.321 e. The van der Waals surface area contributed by atoms with Gasteiger partial charge in [0.05, 0.1) is 5.92 Å². The Kier molecular flexibility index (Phi) is 6.20. The van der Waals surface area contributed by atoms with E-state index in [0.717, 1.165) is 46.7 Å². The van der Waals surface area contributed by atoms with E-state index >= 15 is 0 Å². The van der Waals surface area contributed by atoms with E-state index in [1.165, 1.54) is 0 Å². The zero-order valence-electron chi connectivity index (χ0n) is 18.6. The molecular formula is C24H28N6O2. The highest BCUT2D eigenvalue weighted by Crippen LogP contribution is 2.25. The molecule has 1 fully saturated rings. The Morgan fingerprint density at radius 3 is 2.69 bits per heavy atom. The number of hydrogen-bond acceptors (Lipinski definition) is 4. The first kappa shape index (κ1) is 21.5. The number of rotatable bonds is 4. The van der Waals surface area contributed by atoms with Gasteiger partial charge in [0.1, 0.15) is 5.82 Å². The molecule has 3 N–H and O–H groups in total. The van der Waals surface area contributed by atoms with Crippen LogP contribution >= 0.6 is 0 Å². The van der Waals surface area contributed by atoms with Gasteiger partial charge in [0.25, 0.3) is 0 Å². The number of carbonyl (C=O) groups is 2. The molecule has 1 atom stereocenters. The highest BCUT2D eigenvalue weighted by atomic mass is 16.2. The quantitative estimate of drug-likeness (QED) is 0.572. The molecule has 166 valence electrons. The molecule has 0 bridgehead atoms. The van der Waals surface area contributed by atoms with Crippen molar-refractivity contribution >= 4 is 23.3 Å². The maximum atomic E-state index is 13.0. The number of amides is 3. The van der Waals surface area contributed by atoms with E-state index < -0.39 is 0 Å². The van der Waals surface area contributed by atoms with Crippen molar-refractivity contribution in [2.24, 2.45) is 5.92 Å². The van der Waals surface area contributed by atoms with Gasteiger partial charge in [-0.1, -0.05) is 24.3 Å². The smallest absolute Gasteiger partial charge is 0.321 e. The molecule has 0 aliphatic carbocycles. The van der Waals surface area contributed by atoms with Gasteiger partial charge in [-0.3, -0.25) is 9.89 Å². The summed E-state index contributed by atoms with van der Waals surface area (Å²) in [6.45, 7) is 6.81. The number of aryl methyl sites for hydroxylation is 3. The minimum absolute atomic E-state index is 0.0792. The van der Waals surface area contributed by atoms with Gasteiger partial charge in [-0.25, -0.2) is 9.78 Å². The molecule has 1 unspecified atom stereocenters. The van der Waals surface area contributed by atoms with Gasteiger partial charge in [0.2, 0.25) is 5.91 Å². The minimum atomic E-state index is -0.263. The minimum Gasteiger partial charge on any atom is -0.326 e. The van der Waals surface area contributed by atoms with Crippen LogP contribution in [0.15, 0.2) is 42.5 Å². The summed E-state index contributed by atoms with van der Waals surface area (Å²) >= 11 is 0. The van der Waals surface area contributed by atoms with Crippen LogP contribution in [0.2, 0.25) is 0 Å². The second-order valence-electron chi connectivity index (χ2n) is 8.35. The van der Waals surface area contributed by atoms with E-state index in [-0.39, 0.29) is 17.9 Å². The van der Waals surface area contributed by atoms with E-state index in [9.17, 15) is 9.59 Å². The van der Waals surface area contributed by atoms with Crippen LogP contribution in [-0.2, 0) is 4.79 Å². The summed E-state index contributed by atoms with van der Waals surface area (Å²) in [5.41, 5.74) is 4.36. The number of urea groups is 1. The average molecular weight is 433 g/mol. The lowest BCUT2D eigenvalue weighted by atomic mass is 9.97. The summed E-state index contributed by atoms with van der Waals surface area (Å²) in [5, 5.41) is 13.0. The van der Waals surface area contributed by atoms with E-state index in [4.69, 9.17) is 0 Å². The van der Waals surface area contributed by atoms with Crippen molar-refractivity contribution in [3.05, 3.63) is 59.4 Å². The van der Waals surface area contributed by atoms with Crippen molar-refractivity contribution in [2.45, 2.75) is 33.6 Å². The Labute approximate surface area is 187 Å². The van der Waals surface area contributed by atoms with Gasteiger partial charge >= 0.3 is 6.03 Å². The first-order valence-electron chi connectivity index (χ1n) is 10.8. The highest BCUT2D eigenvalue weighted by molar-refractivity contribution is 5.95. The second-order valence-corrected chi connectivity index (χ2v) is 8.35. The van der Waals surface area contributed by atoms with Crippen molar-refractivity contribution in [1.82, 2.24) is 20.1 Å². The summed E-state index contributed by atoms with van der Waals surface area (Å²) in [6, 6.07) is 13.3. The molecule has 32 heavy (non-hydrogen) atoms. The first-order valence-corrected chi connectivity index (χ1v) is 10.8. The molecule has 0 spiro atoms. The molecule has 0 radical (unpaired) electrons. The number of nitrogens with zero attached hydrogens (tertiary/aromatic N) is 3. The number of nitrogens with one attached hydrogen (secondary N) is 3. The zero-order valence-corrected chi connectivity index (χ0v) is 18.6. The summed E-state index contributed by atoms with van der Waals surface area (Å²) < 4.78 is 0. The van der Waals surface area contributed by atoms with Crippen molar-refractivity contribution in [2.75, 3.05) is 23.7 Å². The Morgan fingerprint density at radius 1 is 1.09 bits per heavy atom. The number of carbonyl (C=O) groups excluding carboxylic acids is 2. The van der Waals surface area contributed by atoms with E-state index in [1.54, 1.807) is 4.90 Å². The maximum absolute atomic E-state index is 13.0. The number of H-pyrrole nitrogens is 1. The largest absolute Gasteiger partial charge is 0.326 e. The van der Waals surface area contributed by atoms with E-state index in [0.29, 0.717) is 18.9 Å². The highest BCUT2D eigenvalue weighted by Gasteiger charge is 2.29. The predicted molar refractivity (Wildman–Crippen MR) is 124 cm³/mol.